The van der Waals surface area contributed by atoms with Crippen molar-refractivity contribution >= 4 is 18.5 Å². The van der Waals surface area contributed by atoms with Gasteiger partial charge >= 0.3 is 0 Å². The maximum Gasteiger partial charge on any atom is 0.229 e. The van der Waals surface area contributed by atoms with E-state index in [9.17, 15) is 9.18 Å². The van der Waals surface area contributed by atoms with Crippen LogP contribution in [0.5, 0.6) is 0 Å². The summed E-state index contributed by atoms with van der Waals surface area (Å²) in [5.41, 5.74) is 0.745. The van der Waals surface area contributed by atoms with E-state index in [0.717, 1.165) is 5.56 Å². The molecule has 0 aromatic heterocycles. The molecule has 13 heavy (non-hydrogen) atoms. The standard InChI is InChI=1S/C9H10FNOS/c10-8-3-1-2-7(4-8)5-11-9(12)6-13/h1-4,13H,5-6H2,(H,11,12). The number of carbonyl (C=O) groups is 1. The molecule has 1 aromatic carbocycles. The van der Waals surface area contributed by atoms with Gasteiger partial charge in [0.25, 0.3) is 0 Å². The SMILES string of the molecule is O=C(CS)NCc1cccc(F)c1. The highest BCUT2D eigenvalue weighted by Crippen LogP contribution is 2.02. The van der Waals surface area contributed by atoms with Crippen molar-refractivity contribution in [3.8, 4) is 0 Å². The molecule has 0 aliphatic rings. The first-order chi connectivity index (χ1) is 6.22. The van der Waals surface area contributed by atoms with Gasteiger partial charge in [0.1, 0.15) is 5.82 Å². The zero-order valence-electron chi connectivity index (χ0n) is 6.96. The predicted octanol–water partition coefficient (Wildman–Crippen LogP) is 1.37. The highest BCUT2D eigenvalue weighted by Gasteiger charge is 1.98. The fourth-order valence-electron chi connectivity index (χ4n) is 0.903. The number of nitrogens with one attached hydrogen (secondary N) is 1. The van der Waals surface area contributed by atoms with Crippen LogP contribution in [-0.2, 0) is 11.3 Å². The molecule has 4 heteroatoms. The van der Waals surface area contributed by atoms with E-state index in [0.29, 0.717) is 6.54 Å². The molecule has 0 heterocycles. The fraction of sp³-hybridized carbons (Fsp3) is 0.222. The maximum absolute atomic E-state index is 12.6. The topological polar surface area (TPSA) is 29.1 Å². The second-order valence-corrected chi connectivity index (χ2v) is 2.88. The second-order valence-electron chi connectivity index (χ2n) is 2.56. The van der Waals surface area contributed by atoms with Crippen molar-refractivity contribution in [2.24, 2.45) is 0 Å². The monoisotopic (exact) mass is 199 g/mol. The maximum atomic E-state index is 12.6. The Morgan fingerprint density at radius 3 is 2.92 bits per heavy atom. The number of benzene rings is 1. The molecular formula is C9H10FNOS. The smallest absolute Gasteiger partial charge is 0.229 e. The first-order valence-electron chi connectivity index (χ1n) is 3.84. The largest absolute Gasteiger partial charge is 0.351 e. The van der Waals surface area contributed by atoms with Gasteiger partial charge < -0.3 is 5.32 Å². The van der Waals surface area contributed by atoms with Gasteiger partial charge in [-0.25, -0.2) is 4.39 Å². The van der Waals surface area contributed by atoms with Crippen molar-refractivity contribution in [1.82, 2.24) is 5.32 Å². The minimum atomic E-state index is -0.294. The summed E-state index contributed by atoms with van der Waals surface area (Å²) in [5, 5.41) is 2.59. The number of hydrogen-bond acceptors (Lipinski definition) is 2. The van der Waals surface area contributed by atoms with Gasteiger partial charge in [-0.2, -0.15) is 12.6 Å². The molecule has 1 aromatic rings. The zero-order chi connectivity index (χ0) is 9.68. The van der Waals surface area contributed by atoms with Crippen LogP contribution in [0.3, 0.4) is 0 Å². The van der Waals surface area contributed by atoms with E-state index in [1.807, 2.05) is 0 Å². The Bertz CT molecular complexity index is 303. The van der Waals surface area contributed by atoms with Crippen LogP contribution >= 0.6 is 12.6 Å². The van der Waals surface area contributed by atoms with Gasteiger partial charge in [0.2, 0.25) is 5.91 Å². The Labute approximate surface area is 81.6 Å². The number of halogens is 1. The first kappa shape index (κ1) is 10.1. The van der Waals surface area contributed by atoms with Crippen LogP contribution in [0.2, 0.25) is 0 Å². The van der Waals surface area contributed by atoms with Crippen molar-refractivity contribution in [2.45, 2.75) is 6.54 Å². The number of rotatable bonds is 3. The molecule has 0 spiro atoms. The summed E-state index contributed by atoms with van der Waals surface area (Å²) in [7, 11) is 0. The highest BCUT2D eigenvalue weighted by atomic mass is 32.1. The van der Waals surface area contributed by atoms with Crippen LogP contribution in [0.15, 0.2) is 24.3 Å². The molecule has 70 valence electrons. The van der Waals surface area contributed by atoms with E-state index in [4.69, 9.17) is 0 Å². The lowest BCUT2D eigenvalue weighted by atomic mass is 10.2. The van der Waals surface area contributed by atoms with Crippen LogP contribution in [0.4, 0.5) is 4.39 Å². The second kappa shape index (κ2) is 4.87. The quantitative estimate of drug-likeness (QED) is 0.707. The summed E-state index contributed by atoms with van der Waals surface area (Å²) in [6.07, 6.45) is 0. The lowest BCUT2D eigenvalue weighted by molar-refractivity contribution is -0.118. The Balaban J connectivity index is 2.50. The van der Waals surface area contributed by atoms with E-state index in [1.165, 1.54) is 12.1 Å². The van der Waals surface area contributed by atoms with Crippen molar-refractivity contribution < 1.29 is 9.18 Å². The molecule has 0 aliphatic heterocycles. The minimum Gasteiger partial charge on any atom is -0.351 e. The van der Waals surface area contributed by atoms with Gasteiger partial charge in [0.15, 0.2) is 0 Å². The van der Waals surface area contributed by atoms with Gasteiger partial charge in [-0.15, -0.1) is 0 Å². The highest BCUT2D eigenvalue weighted by molar-refractivity contribution is 7.81. The van der Waals surface area contributed by atoms with E-state index < -0.39 is 0 Å². The number of hydrogen-bond donors (Lipinski definition) is 2. The van der Waals surface area contributed by atoms with Crippen LogP contribution in [0.1, 0.15) is 5.56 Å². The predicted molar refractivity (Wildman–Crippen MR) is 52.1 cm³/mol. The molecular weight excluding hydrogens is 189 g/mol. The van der Waals surface area contributed by atoms with E-state index in [2.05, 4.69) is 17.9 Å². The molecule has 0 fully saturated rings. The molecule has 0 radical (unpaired) electrons. The fourth-order valence-corrected chi connectivity index (χ4v) is 1.02. The van der Waals surface area contributed by atoms with E-state index >= 15 is 0 Å². The Kier molecular flexibility index (Phi) is 3.76. The molecule has 0 atom stereocenters. The summed E-state index contributed by atoms with van der Waals surface area (Å²) in [6.45, 7) is 0.344. The molecule has 0 bridgehead atoms. The molecule has 1 N–H and O–H groups in total. The molecule has 0 aliphatic carbocycles. The summed E-state index contributed by atoms with van der Waals surface area (Å²) in [6, 6.07) is 6.11. The summed E-state index contributed by atoms with van der Waals surface area (Å²) in [4.78, 5) is 10.8. The normalized spacial score (nSPS) is 9.69. The number of carbonyl (C=O) groups excluding carboxylic acids is 1. The van der Waals surface area contributed by atoms with Crippen LogP contribution in [0.25, 0.3) is 0 Å². The third-order valence-corrected chi connectivity index (χ3v) is 1.81. The zero-order valence-corrected chi connectivity index (χ0v) is 7.85. The average Bonchev–Trinajstić information content (AvgIpc) is 2.14. The molecule has 0 unspecified atom stereocenters. The minimum absolute atomic E-state index is 0.148. The van der Waals surface area contributed by atoms with Gasteiger partial charge in [0.05, 0.1) is 5.75 Å². The third kappa shape index (κ3) is 3.46. The Morgan fingerprint density at radius 1 is 1.54 bits per heavy atom. The first-order valence-corrected chi connectivity index (χ1v) is 4.47. The van der Waals surface area contributed by atoms with Crippen molar-refractivity contribution in [1.29, 1.82) is 0 Å². The lowest BCUT2D eigenvalue weighted by Gasteiger charge is -2.02. The summed E-state index contributed by atoms with van der Waals surface area (Å²) >= 11 is 3.80. The third-order valence-electron chi connectivity index (χ3n) is 1.52. The van der Waals surface area contributed by atoms with E-state index in [-0.39, 0.29) is 17.5 Å². The van der Waals surface area contributed by atoms with Crippen molar-refractivity contribution in [3.63, 3.8) is 0 Å². The van der Waals surface area contributed by atoms with Crippen LogP contribution in [-0.4, -0.2) is 11.7 Å². The van der Waals surface area contributed by atoms with Gasteiger partial charge in [-0.3, -0.25) is 4.79 Å². The molecule has 1 rings (SSSR count). The lowest BCUT2D eigenvalue weighted by Crippen LogP contribution is -2.23. The Morgan fingerprint density at radius 2 is 2.31 bits per heavy atom. The molecule has 2 nitrogen and oxygen atoms in total. The summed E-state index contributed by atoms with van der Waals surface area (Å²) < 4.78 is 12.6. The molecule has 0 saturated carbocycles. The summed E-state index contributed by atoms with van der Waals surface area (Å²) in [5.74, 6) is -0.305. The number of thiol groups is 1. The van der Waals surface area contributed by atoms with Gasteiger partial charge in [-0.1, -0.05) is 12.1 Å². The van der Waals surface area contributed by atoms with Crippen molar-refractivity contribution in [2.75, 3.05) is 5.75 Å². The van der Waals surface area contributed by atoms with Gasteiger partial charge in [0, 0.05) is 6.54 Å². The van der Waals surface area contributed by atoms with Gasteiger partial charge in [-0.05, 0) is 17.7 Å². The van der Waals surface area contributed by atoms with Crippen molar-refractivity contribution in [3.05, 3.63) is 35.6 Å². The number of amides is 1. The average molecular weight is 199 g/mol. The Hall–Kier alpha value is -1.03. The molecule has 1 amide bonds. The molecule has 0 saturated heterocycles. The van der Waals surface area contributed by atoms with Crippen LogP contribution < -0.4 is 5.32 Å². The van der Waals surface area contributed by atoms with Crippen LogP contribution in [0, 0.1) is 5.82 Å². The van der Waals surface area contributed by atoms with E-state index in [1.54, 1.807) is 12.1 Å².